The zero-order valence-electron chi connectivity index (χ0n) is 14.9. The number of aromatic nitrogens is 3. The van der Waals surface area contributed by atoms with Crippen LogP contribution in [0.2, 0.25) is 0 Å². The third kappa shape index (κ3) is 3.85. The van der Waals surface area contributed by atoms with Crippen LogP contribution < -0.4 is 5.32 Å². The number of aryl methyl sites for hydroxylation is 2. The van der Waals surface area contributed by atoms with E-state index in [4.69, 9.17) is 4.98 Å². The van der Waals surface area contributed by atoms with Gasteiger partial charge >= 0.3 is 0 Å². The van der Waals surface area contributed by atoms with E-state index in [1.165, 1.54) is 17.3 Å². The van der Waals surface area contributed by atoms with Gasteiger partial charge in [0.05, 0.1) is 22.5 Å². The highest BCUT2D eigenvalue weighted by Crippen LogP contribution is 2.25. The summed E-state index contributed by atoms with van der Waals surface area (Å²) in [5.74, 6) is 0.975. The highest BCUT2D eigenvalue weighted by atomic mass is 32.2. The second-order valence-corrected chi connectivity index (χ2v) is 7.34. The van der Waals surface area contributed by atoms with Gasteiger partial charge in [-0.2, -0.15) is 5.10 Å². The molecule has 6 heteroatoms. The van der Waals surface area contributed by atoms with Gasteiger partial charge in [0.25, 0.3) is 0 Å². The Balaban J connectivity index is 1.71. The van der Waals surface area contributed by atoms with Crippen molar-refractivity contribution in [1.82, 2.24) is 14.8 Å². The molecule has 3 rings (SSSR count). The van der Waals surface area contributed by atoms with Gasteiger partial charge < -0.3 is 5.32 Å². The molecule has 3 aromatic rings. The average molecular weight is 354 g/mol. The lowest BCUT2D eigenvalue weighted by atomic mass is 10.1. The van der Waals surface area contributed by atoms with Crippen LogP contribution in [0.4, 0.5) is 5.82 Å². The Hall–Kier alpha value is -2.34. The van der Waals surface area contributed by atoms with Crippen LogP contribution in [0.25, 0.3) is 10.9 Å². The van der Waals surface area contributed by atoms with Crippen molar-refractivity contribution in [3.8, 4) is 0 Å². The summed E-state index contributed by atoms with van der Waals surface area (Å²) in [6.07, 6.45) is 1.69. The molecule has 0 aliphatic heterocycles. The molecule has 0 spiro atoms. The molecule has 0 bridgehead atoms. The fourth-order valence-electron chi connectivity index (χ4n) is 2.75. The predicted molar refractivity (Wildman–Crippen MR) is 103 cm³/mol. The summed E-state index contributed by atoms with van der Waals surface area (Å²) in [4.78, 5) is 17.0. The van der Waals surface area contributed by atoms with Crippen molar-refractivity contribution < 1.29 is 4.79 Å². The molecule has 1 aromatic carbocycles. The average Bonchev–Trinajstić information content (AvgIpc) is 3.02. The highest BCUT2D eigenvalue weighted by Gasteiger charge is 2.11. The number of para-hydroxylation sites is 1. The van der Waals surface area contributed by atoms with Crippen molar-refractivity contribution in [2.45, 2.75) is 38.8 Å². The number of carbonyl (C=O) groups is 1. The molecule has 130 valence electrons. The van der Waals surface area contributed by atoms with E-state index in [0.29, 0.717) is 5.75 Å². The fraction of sp³-hybridized carbons (Fsp3) is 0.316. The van der Waals surface area contributed by atoms with E-state index >= 15 is 0 Å². The summed E-state index contributed by atoms with van der Waals surface area (Å²) in [7, 11) is 0. The quantitative estimate of drug-likeness (QED) is 0.692. The first-order chi connectivity index (χ1) is 12.0. The molecule has 0 atom stereocenters. The van der Waals surface area contributed by atoms with E-state index in [9.17, 15) is 4.79 Å². The van der Waals surface area contributed by atoms with Crippen molar-refractivity contribution in [2.24, 2.45) is 0 Å². The van der Waals surface area contributed by atoms with E-state index in [2.05, 4.69) is 36.4 Å². The fourth-order valence-corrected chi connectivity index (χ4v) is 3.52. The van der Waals surface area contributed by atoms with E-state index in [1.54, 1.807) is 10.9 Å². The molecule has 0 fully saturated rings. The number of anilines is 1. The first-order valence-corrected chi connectivity index (χ1v) is 9.27. The van der Waals surface area contributed by atoms with Gasteiger partial charge in [0, 0.05) is 17.5 Å². The molecule has 0 aliphatic carbocycles. The first kappa shape index (κ1) is 17.5. The van der Waals surface area contributed by atoms with Gasteiger partial charge in [0.1, 0.15) is 5.82 Å². The largest absolute Gasteiger partial charge is 0.310 e. The highest BCUT2D eigenvalue weighted by molar-refractivity contribution is 7.99. The molecule has 25 heavy (non-hydrogen) atoms. The van der Waals surface area contributed by atoms with Gasteiger partial charge in [-0.1, -0.05) is 30.0 Å². The predicted octanol–water partition coefficient (Wildman–Crippen LogP) is 4.36. The maximum atomic E-state index is 12.3. The topological polar surface area (TPSA) is 59.8 Å². The third-order valence-corrected chi connectivity index (χ3v) is 4.91. The number of pyridine rings is 1. The normalized spacial score (nSPS) is 11.2. The van der Waals surface area contributed by atoms with Gasteiger partial charge in [0.2, 0.25) is 5.91 Å². The summed E-state index contributed by atoms with van der Waals surface area (Å²) in [5.41, 5.74) is 3.33. The molecular formula is C19H22N4OS. The molecule has 2 heterocycles. The van der Waals surface area contributed by atoms with Gasteiger partial charge in [-0.3, -0.25) is 4.79 Å². The number of thioether (sulfide) groups is 1. The number of nitrogens with one attached hydrogen (secondary N) is 1. The minimum Gasteiger partial charge on any atom is -0.310 e. The Morgan fingerprint density at radius 2 is 2.04 bits per heavy atom. The first-order valence-electron chi connectivity index (χ1n) is 8.29. The Morgan fingerprint density at radius 3 is 2.80 bits per heavy atom. The van der Waals surface area contributed by atoms with Gasteiger partial charge in [-0.25, -0.2) is 9.67 Å². The molecule has 1 amide bonds. The molecule has 1 N–H and O–H groups in total. The molecule has 0 aliphatic rings. The van der Waals surface area contributed by atoms with E-state index < -0.39 is 0 Å². The Kier molecular flexibility index (Phi) is 5.08. The zero-order valence-corrected chi connectivity index (χ0v) is 15.7. The van der Waals surface area contributed by atoms with Gasteiger partial charge in [0.15, 0.2) is 0 Å². The zero-order chi connectivity index (χ0) is 18.0. The molecule has 0 saturated carbocycles. The van der Waals surface area contributed by atoms with E-state index in [1.807, 2.05) is 32.0 Å². The second-order valence-electron chi connectivity index (χ2n) is 6.34. The number of hydrogen-bond donors (Lipinski definition) is 1. The lowest BCUT2D eigenvalue weighted by Gasteiger charge is -2.12. The molecule has 2 aromatic heterocycles. The maximum Gasteiger partial charge on any atom is 0.235 e. The van der Waals surface area contributed by atoms with Crippen LogP contribution in [0.3, 0.4) is 0 Å². The van der Waals surface area contributed by atoms with E-state index in [-0.39, 0.29) is 11.9 Å². The van der Waals surface area contributed by atoms with Gasteiger partial charge in [-0.15, -0.1) is 0 Å². The van der Waals surface area contributed by atoms with Crippen LogP contribution in [-0.2, 0) is 4.79 Å². The number of carbonyl (C=O) groups excluding carboxylic acids is 1. The number of benzene rings is 1. The number of fused-ring (bicyclic) bond motifs is 1. The molecular weight excluding hydrogens is 332 g/mol. The Bertz CT molecular complexity index is 917. The molecule has 0 unspecified atom stereocenters. The van der Waals surface area contributed by atoms with Crippen molar-refractivity contribution >= 4 is 34.4 Å². The van der Waals surface area contributed by atoms with Crippen LogP contribution in [-0.4, -0.2) is 26.4 Å². The molecule has 0 saturated heterocycles. The van der Waals surface area contributed by atoms with Crippen LogP contribution in [0.1, 0.15) is 31.0 Å². The molecule has 0 radical (unpaired) electrons. The maximum absolute atomic E-state index is 12.3. The van der Waals surface area contributed by atoms with Crippen LogP contribution in [0, 0.1) is 13.8 Å². The minimum absolute atomic E-state index is 0.0586. The number of hydrogen-bond acceptors (Lipinski definition) is 4. The van der Waals surface area contributed by atoms with Crippen molar-refractivity contribution in [3.63, 3.8) is 0 Å². The summed E-state index contributed by atoms with van der Waals surface area (Å²) in [5, 5.41) is 9.17. The third-order valence-electron chi connectivity index (χ3n) is 4.00. The number of nitrogens with zero attached hydrogens (tertiary/aromatic N) is 3. The lowest BCUT2D eigenvalue weighted by molar-refractivity contribution is -0.113. The number of rotatable bonds is 5. The molecule has 5 nitrogen and oxygen atoms in total. The SMILES string of the molecule is Cc1cc(SCC(=O)Nc2ccnn2C(C)C)nc2c(C)cccc12. The Morgan fingerprint density at radius 1 is 1.24 bits per heavy atom. The van der Waals surface area contributed by atoms with Crippen LogP contribution in [0.5, 0.6) is 0 Å². The summed E-state index contributed by atoms with van der Waals surface area (Å²) in [6, 6.07) is 10.2. The monoisotopic (exact) mass is 354 g/mol. The summed E-state index contributed by atoms with van der Waals surface area (Å²) >= 11 is 1.45. The number of amides is 1. The second kappa shape index (κ2) is 7.27. The van der Waals surface area contributed by atoms with E-state index in [0.717, 1.165) is 27.3 Å². The van der Waals surface area contributed by atoms with Gasteiger partial charge in [-0.05, 0) is 44.9 Å². The van der Waals surface area contributed by atoms with Crippen molar-refractivity contribution in [1.29, 1.82) is 0 Å². The van der Waals surface area contributed by atoms with Crippen LogP contribution in [0.15, 0.2) is 41.6 Å². The Labute approximate surface area is 151 Å². The summed E-state index contributed by atoms with van der Waals surface area (Å²) in [6.45, 7) is 8.20. The van der Waals surface area contributed by atoms with Crippen LogP contribution >= 0.6 is 11.8 Å². The smallest absolute Gasteiger partial charge is 0.235 e. The van der Waals surface area contributed by atoms with Crippen molar-refractivity contribution in [3.05, 3.63) is 47.7 Å². The lowest BCUT2D eigenvalue weighted by Crippen LogP contribution is -2.18. The summed E-state index contributed by atoms with van der Waals surface area (Å²) < 4.78 is 1.80. The van der Waals surface area contributed by atoms with Crippen molar-refractivity contribution in [2.75, 3.05) is 11.1 Å². The minimum atomic E-state index is -0.0586. The standard InChI is InChI=1S/C19H22N4OS/c1-12(2)23-16(8-9-20-23)21-17(24)11-25-18-10-14(4)15-7-5-6-13(3)19(15)22-18/h5-10,12H,11H2,1-4H3,(H,21,24).